The Balaban J connectivity index is 2.40. The van der Waals surface area contributed by atoms with Gasteiger partial charge in [-0.3, -0.25) is 0 Å². The van der Waals surface area contributed by atoms with Gasteiger partial charge in [0.1, 0.15) is 5.15 Å². The Morgan fingerprint density at radius 1 is 1.38 bits per heavy atom. The molecule has 0 spiro atoms. The third-order valence-corrected chi connectivity index (χ3v) is 4.71. The second kappa shape index (κ2) is 6.84. The van der Waals surface area contributed by atoms with Gasteiger partial charge >= 0.3 is 13.1 Å². The molecule has 8 heteroatoms. The predicted molar refractivity (Wildman–Crippen MR) is 94.2 cm³/mol. The number of nitrogens with one attached hydrogen (secondary N) is 1. The van der Waals surface area contributed by atoms with Crippen molar-refractivity contribution in [3.05, 3.63) is 34.0 Å². The van der Waals surface area contributed by atoms with Crippen molar-refractivity contribution >= 4 is 30.8 Å². The summed E-state index contributed by atoms with van der Waals surface area (Å²) >= 11 is 6.11. The number of rotatable bonds is 5. The third kappa shape index (κ3) is 3.80. The average Bonchev–Trinajstić information content (AvgIpc) is 2.68. The summed E-state index contributed by atoms with van der Waals surface area (Å²) in [5.74, 6) is -1.06. The minimum absolute atomic E-state index is 0.0726. The van der Waals surface area contributed by atoms with Gasteiger partial charge in [0.25, 0.3) is 0 Å². The molecule has 1 aromatic heterocycles. The Bertz CT molecular complexity index is 660. The van der Waals surface area contributed by atoms with E-state index in [1.165, 1.54) is 12.3 Å². The molecule has 0 aromatic carbocycles. The molecule has 130 valence electrons. The Morgan fingerprint density at radius 3 is 2.46 bits per heavy atom. The van der Waals surface area contributed by atoms with Crippen LogP contribution in [0, 0.1) is 0 Å². The zero-order valence-corrected chi connectivity index (χ0v) is 15.3. The predicted octanol–water partition coefficient (Wildman–Crippen LogP) is 2.67. The maximum atomic E-state index is 11.1. The zero-order chi connectivity index (χ0) is 18.1. The van der Waals surface area contributed by atoms with Crippen LogP contribution in [0.1, 0.15) is 43.6 Å². The highest BCUT2D eigenvalue weighted by Gasteiger charge is 2.52. The van der Waals surface area contributed by atoms with Crippen molar-refractivity contribution in [3.8, 4) is 0 Å². The molecule has 1 aliphatic heterocycles. The molecule has 0 aliphatic carbocycles. The Hall–Kier alpha value is -1.41. The molecular formula is C16H22BClN2O4. The van der Waals surface area contributed by atoms with Crippen LogP contribution in [0.15, 0.2) is 17.7 Å². The SMILES string of the molecule is CNCC(=Cc1cc(C(=O)O)cnc1Cl)B1OC(C)(C)C(C)(C)O1. The van der Waals surface area contributed by atoms with E-state index in [1.54, 1.807) is 6.08 Å². The summed E-state index contributed by atoms with van der Waals surface area (Å²) in [6, 6.07) is 1.48. The molecule has 1 aliphatic rings. The molecule has 0 bridgehead atoms. The van der Waals surface area contributed by atoms with E-state index in [1.807, 2.05) is 34.7 Å². The standard InChI is InChI=1S/C16H22BClN2O4/c1-15(2)16(3,4)24-17(23-15)12(9-19-5)7-10-6-11(14(21)22)8-20-13(10)18/h6-8,19H,9H2,1-5H3,(H,21,22). The summed E-state index contributed by atoms with van der Waals surface area (Å²) in [5.41, 5.74) is 0.465. The number of pyridine rings is 1. The first kappa shape index (κ1) is 18.9. The first-order valence-electron chi connectivity index (χ1n) is 7.67. The number of halogens is 1. The number of carboxylic acids is 1. The van der Waals surface area contributed by atoms with Crippen molar-refractivity contribution in [1.29, 1.82) is 0 Å². The molecular weight excluding hydrogens is 330 g/mol. The number of hydrogen-bond donors (Lipinski definition) is 2. The Morgan fingerprint density at radius 2 is 1.96 bits per heavy atom. The average molecular weight is 353 g/mol. The van der Waals surface area contributed by atoms with Crippen molar-refractivity contribution in [2.75, 3.05) is 13.6 Å². The number of likely N-dealkylation sites (N-methyl/N-ethyl adjacent to an activating group) is 1. The van der Waals surface area contributed by atoms with Gasteiger partial charge in [-0.05, 0) is 46.3 Å². The van der Waals surface area contributed by atoms with Crippen LogP contribution in [0.25, 0.3) is 6.08 Å². The van der Waals surface area contributed by atoms with Crippen LogP contribution in [-0.2, 0) is 9.31 Å². The smallest absolute Gasteiger partial charge is 0.478 e. The summed E-state index contributed by atoms with van der Waals surface area (Å²) in [6.07, 6.45) is 3.00. The van der Waals surface area contributed by atoms with Crippen molar-refractivity contribution in [1.82, 2.24) is 10.3 Å². The fourth-order valence-corrected chi connectivity index (χ4v) is 2.44. The minimum atomic E-state index is -1.06. The normalized spacial score (nSPS) is 19.6. The molecule has 2 heterocycles. The van der Waals surface area contributed by atoms with Crippen LogP contribution < -0.4 is 5.32 Å². The fraction of sp³-hybridized carbons (Fsp3) is 0.500. The number of carbonyl (C=O) groups is 1. The van der Waals surface area contributed by atoms with Crippen molar-refractivity contribution < 1.29 is 19.2 Å². The van der Waals surface area contributed by atoms with E-state index in [9.17, 15) is 4.79 Å². The van der Waals surface area contributed by atoms with Crippen LogP contribution in [-0.4, -0.2) is 48.0 Å². The molecule has 24 heavy (non-hydrogen) atoms. The lowest BCUT2D eigenvalue weighted by molar-refractivity contribution is 0.00578. The monoisotopic (exact) mass is 352 g/mol. The molecule has 2 rings (SSSR count). The highest BCUT2D eigenvalue weighted by molar-refractivity contribution is 6.56. The first-order chi connectivity index (χ1) is 11.1. The maximum Gasteiger partial charge on any atom is 0.491 e. The summed E-state index contributed by atoms with van der Waals surface area (Å²) in [6.45, 7) is 8.41. The lowest BCUT2D eigenvalue weighted by atomic mass is 9.77. The number of aromatic nitrogens is 1. The molecule has 6 nitrogen and oxygen atoms in total. The third-order valence-electron chi connectivity index (χ3n) is 4.39. The number of aromatic carboxylic acids is 1. The second-order valence-electron chi connectivity index (χ2n) is 6.75. The fourth-order valence-electron chi connectivity index (χ4n) is 2.28. The van der Waals surface area contributed by atoms with Gasteiger partial charge in [0, 0.05) is 18.3 Å². The molecule has 0 saturated carbocycles. The molecule has 1 aromatic rings. The van der Waals surface area contributed by atoms with E-state index in [-0.39, 0.29) is 10.7 Å². The van der Waals surface area contributed by atoms with E-state index >= 15 is 0 Å². The lowest BCUT2D eigenvalue weighted by Crippen LogP contribution is -2.41. The van der Waals surface area contributed by atoms with Crippen molar-refractivity contribution in [3.63, 3.8) is 0 Å². The van der Waals surface area contributed by atoms with Gasteiger partial charge in [-0.2, -0.15) is 0 Å². The van der Waals surface area contributed by atoms with E-state index in [2.05, 4.69) is 10.3 Å². The zero-order valence-electron chi connectivity index (χ0n) is 14.5. The van der Waals surface area contributed by atoms with Crippen molar-refractivity contribution in [2.45, 2.75) is 38.9 Å². The van der Waals surface area contributed by atoms with Crippen LogP contribution >= 0.6 is 11.6 Å². The van der Waals surface area contributed by atoms with Gasteiger partial charge in [0.05, 0.1) is 16.8 Å². The van der Waals surface area contributed by atoms with Crippen molar-refractivity contribution in [2.24, 2.45) is 0 Å². The number of carboxylic acid groups (broad SMARTS) is 1. The van der Waals surface area contributed by atoms with Gasteiger partial charge in [0.2, 0.25) is 0 Å². The number of nitrogens with zero attached hydrogens (tertiary/aromatic N) is 1. The van der Waals surface area contributed by atoms with Gasteiger partial charge in [-0.1, -0.05) is 17.7 Å². The summed E-state index contributed by atoms with van der Waals surface area (Å²) < 4.78 is 12.1. The van der Waals surface area contributed by atoms with Crippen LogP contribution in [0.4, 0.5) is 0 Å². The van der Waals surface area contributed by atoms with Crippen LogP contribution in [0.3, 0.4) is 0 Å². The van der Waals surface area contributed by atoms with E-state index in [4.69, 9.17) is 26.0 Å². The second-order valence-corrected chi connectivity index (χ2v) is 7.11. The molecule has 1 saturated heterocycles. The van der Waals surface area contributed by atoms with E-state index in [0.29, 0.717) is 12.1 Å². The molecule has 1 fully saturated rings. The first-order valence-corrected chi connectivity index (χ1v) is 8.05. The summed E-state index contributed by atoms with van der Waals surface area (Å²) in [5, 5.41) is 12.4. The maximum absolute atomic E-state index is 11.1. The molecule has 0 amide bonds. The Kier molecular flexibility index (Phi) is 5.39. The van der Waals surface area contributed by atoms with Crippen LogP contribution in [0.5, 0.6) is 0 Å². The summed E-state index contributed by atoms with van der Waals surface area (Å²) in [7, 11) is 1.26. The van der Waals surface area contributed by atoms with Crippen LogP contribution in [0.2, 0.25) is 5.15 Å². The van der Waals surface area contributed by atoms with Gasteiger partial charge in [-0.25, -0.2) is 9.78 Å². The van der Waals surface area contributed by atoms with E-state index < -0.39 is 24.3 Å². The largest absolute Gasteiger partial charge is 0.491 e. The molecule has 2 N–H and O–H groups in total. The quantitative estimate of drug-likeness (QED) is 0.626. The topological polar surface area (TPSA) is 80.7 Å². The summed E-state index contributed by atoms with van der Waals surface area (Å²) in [4.78, 5) is 15.1. The lowest BCUT2D eigenvalue weighted by Gasteiger charge is -2.32. The van der Waals surface area contributed by atoms with E-state index in [0.717, 1.165) is 5.47 Å². The van der Waals surface area contributed by atoms with Gasteiger partial charge < -0.3 is 19.7 Å². The molecule has 0 atom stereocenters. The highest BCUT2D eigenvalue weighted by Crippen LogP contribution is 2.38. The highest BCUT2D eigenvalue weighted by atomic mass is 35.5. The van der Waals surface area contributed by atoms with Gasteiger partial charge in [0.15, 0.2) is 0 Å². The Labute approximate surface area is 147 Å². The molecule has 0 unspecified atom stereocenters. The number of hydrogen-bond acceptors (Lipinski definition) is 5. The molecule has 0 radical (unpaired) electrons. The van der Waals surface area contributed by atoms with Gasteiger partial charge in [-0.15, -0.1) is 0 Å². The minimum Gasteiger partial charge on any atom is -0.478 e.